The van der Waals surface area contributed by atoms with Crippen molar-refractivity contribution in [3.63, 3.8) is 0 Å². The van der Waals surface area contributed by atoms with E-state index in [9.17, 15) is 8.42 Å². The van der Waals surface area contributed by atoms with Gasteiger partial charge in [0.15, 0.2) is 15.7 Å². The van der Waals surface area contributed by atoms with Crippen LogP contribution >= 0.6 is 11.3 Å². The summed E-state index contributed by atoms with van der Waals surface area (Å²) in [5.74, 6) is 1.69. The Hall–Kier alpha value is -2.76. The average Bonchev–Trinajstić information content (AvgIpc) is 3.40. The van der Waals surface area contributed by atoms with Crippen molar-refractivity contribution in [1.29, 1.82) is 0 Å². The van der Waals surface area contributed by atoms with Crippen LogP contribution in [-0.4, -0.2) is 66.0 Å². The molecule has 1 fully saturated rings. The normalized spacial score (nSPS) is 17.4. The number of hydrogen-bond donors (Lipinski definition) is 1. The Morgan fingerprint density at radius 1 is 1.21 bits per heavy atom. The molecule has 33 heavy (non-hydrogen) atoms. The number of ether oxygens (including phenoxy) is 1. The fourth-order valence-corrected chi connectivity index (χ4v) is 6.60. The van der Waals surface area contributed by atoms with Gasteiger partial charge in [-0.2, -0.15) is 4.98 Å². The number of thiophene rings is 1. The van der Waals surface area contributed by atoms with Crippen LogP contribution in [0.15, 0.2) is 34.5 Å². The molecule has 0 aliphatic carbocycles. The Bertz CT molecular complexity index is 1440. The van der Waals surface area contributed by atoms with E-state index >= 15 is 0 Å². The summed E-state index contributed by atoms with van der Waals surface area (Å²) in [6.07, 6.45) is 0. The van der Waals surface area contributed by atoms with Crippen LogP contribution in [0.3, 0.4) is 0 Å². The second-order valence-corrected chi connectivity index (χ2v) is 11.7. The van der Waals surface area contributed by atoms with Gasteiger partial charge < -0.3 is 15.0 Å². The second-order valence-electron chi connectivity index (χ2n) is 8.35. The zero-order valence-electron chi connectivity index (χ0n) is 18.9. The molecule has 0 amide bonds. The fourth-order valence-electron chi connectivity index (χ4n) is 4.06. The maximum absolute atomic E-state index is 13.2. The van der Waals surface area contributed by atoms with Gasteiger partial charge in [-0.1, -0.05) is 12.1 Å². The Balaban J connectivity index is 1.84. The number of morpholine rings is 1. The van der Waals surface area contributed by atoms with Crippen molar-refractivity contribution in [2.75, 3.05) is 37.0 Å². The highest BCUT2D eigenvalue weighted by Crippen LogP contribution is 2.38. The number of benzene rings is 1. The van der Waals surface area contributed by atoms with E-state index < -0.39 is 15.1 Å². The summed E-state index contributed by atoms with van der Waals surface area (Å²) in [6, 6.07) is 7.84. The zero-order valence-corrected chi connectivity index (χ0v) is 20.6. The van der Waals surface area contributed by atoms with E-state index in [0.29, 0.717) is 37.2 Å². The molecule has 0 radical (unpaired) electrons. The van der Waals surface area contributed by atoms with Gasteiger partial charge in [0, 0.05) is 19.0 Å². The molecule has 1 aromatic carbocycles. The Morgan fingerprint density at radius 3 is 2.73 bits per heavy atom. The van der Waals surface area contributed by atoms with Crippen LogP contribution in [0.5, 0.6) is 0 Å². The van der Waals surface area contributed by atoms with E-state index in [4.69, 9.17) is 14.7 Å². The number of fused-ring (bicyclic) bond motifs is 2. The molecule has 5 rings (SSSR count). The van der Waals surface area contributed by atoms with Crippen LogP contribution in [0.25, 0.3) is 27.2 Å². The minimum atomic E-state index is -3.53. The largest absolute Gasteiger partial charge is 0.377 e. The number of aromatic nitrogens is 4. The van der Waals surface area contributed by atoms with Crippen molar-refractivity contribution in [1.82, 2.24) is 19.5 Å². The molecule has 1 aliphatic heterocycles. The molecule has 0 bridgehead atoms. The molecule has 1 atom stereocenters. The molecule has 0 unspecified atom stereocenters. The first-order chi connectivity index (χ1) is 15.8. The lowest BCUT2D eigenvalue weighted by Crippen LogP contribution is -2.44. The fraction of sp³-hybridized carbons (Fsp3) is 0.409. The standard InChI is InChI=1S/C22H26N6O3S2/c1-13(2)33(29,30)17-12-32-19-18(17)25-22(26-20(19)27-9-10-31-11-14(27)3)28-16-8-6-5-7-15(16)24-21(28)23-4/h5-8,12-14H,9-11H2,1-4H3,(H,23,24)/t14-/m1/s1. The van der Waals surface area contributed by atoms with Gasteiger partial charge in [-0.3, -0.25) is 0 Å². The number of nitrogens with one attached hydrogen (secondary N) is 1. The maximum Gasteiger partial charge on any atom is 0.239 e. The highest BCUT2D eigenvalue weighted by atomic mass is 32.2. The number of sulfone groups is 1. The SMILES string of the molecule is CNc1nc2ccccc2n1-c1nc(N2CCOC[C@H]2C)c2scc(S(=O)(=O)C(C)C)c2n1. The lowest BCUT2D eigenvalue weighted by atomic mass is 10.2. The van der Waals surface area contributed by atoms with Crippen molar-refractivity contribution in [2.24, 2.45) is 0 Å². The molecule has 4 aromatic rings. The van der Waals surface area contributed by atoms with Gasteiger partial charge in [0.1, 0.15) is 10.4 Å². The predicted octanol–water partition coefficient (Wildman–Crippen LogP) is 3.48. The van der Waals surface area contributed by atoms with Gasteiger partial charge >= 0.3 is 0 Å². The highest BCUT2D eigenvalue weighted by molar-refractivity contribution is 7.92. The molecular weight excluding hydrogens is 460 g/mol. The third-order valence-electron chi connectivity index (χ3n) is 5.90. The van der Waals surface area contributed by atoms with Gasteiger partial charge in [0.2, 0.25) is 11.9 Å². The van der Waals surface area contributed by atoms with E-state index in [0.717, 1.165) is 21.6 Å². The molecule has 1 saturated heterocycles. The third kappa shape index (κ3) is 3.54. The van der Waals surface area contributed by atoms with Crippen molar-refractivity contribution < 1.29 is 13.2 Å². The summed E-state index contributed by atoms with van der Waals surface area (Å²) < 4.78 is 34.6. The maximum atomic E-state index is 13.2. The molecular formula is C22H26N6O3S2. The third-order valence-corrected chi connectivity index (χ3v) is 9.18. The predicted molar refractivity (Wildman–Crippen MR) is 132 cm³/mol. The van der Waals surface area contributed by atoms with Crippen molar-refractivity contribution >= 4 is 54.2 Å². The van der Waals surface area contributed by atoms with Crippen LogP contribution in [0.4, 0.5) is 11.8 Å². The lowest BCUT2D eigenvalue weighted by molar-refractivity contribution is 0.0987. The van der Waals surface area contributed by atoms with Crippen molar-refractivity contribution in [3.05, 3.63) is 29.6 Å². The number of para-hydroxylation sites is 2. The van der Waals surface area contributed by atoms with E-state index in [1.54, 1.807) is 26.3 Å². The highest BCUT2D eigenvalue weighted by Gasteiger charge is 2.30. The molecule has 174 valence electrons. The number of anilines is 2. The lowest BCUT2D eigenvalue weighted by Gasteiger charge is -2.34. The molecule has 9 nitrogen and oxygen atoms in total. The Morgan fingerprint density at radius 2 is 2.00 bits per heavy atom. The summed E-state index contributed by atoms with van der Waals surface area (Å²) in [6.45, 7) is 7.30. The molecule has 1 aliphatic rings. The minimum absolute atomic E-state index is 0.0975. The number of hydrogen-bond acceptors (Lipinski definition) is 9. The Kier molecular flexibility index (Phi) is 5.50. The number of imidazole rings is 1. The van der Waals surface area contributed by atoms with Crippen LogP contribution in [0.1, 0.15) is 20.8 Å². The zero-order chi connectivity index (χ0) is 23.3. The topological polar surface area (TPSA) is 102 Å². The monoisotopic (exact) mass is 486 g/mol. The van der Waals surface area contributed by atoms with Gasteiger partial charge in [-0.15, -0.1) is 11.3 Å². The minimum Gasteiger partial charge on any atom is -0.377 e. The van der Waals surface area contributed by atoms with Gasteiger partial charge in [0.05, 0.1) is 40.2 Å². The quantitative estimate of drug-likeness (QED) is 0.457. The van der Waals surface area contributed by atoms with E-state index in [1.807, 2.05) is 28.8 Å². The Labute approximate surface area is 196 Å². The summed E-state index contributed by atoms with van der Waals surface area (Å²) in [4.78, 5) is 16.9. The first-order valence-electron chi connectivity index (χ1n) is 10.9. The molecule has 11 heteroatoms. The molecule has 4 heterocycles. The summed E-state index contributed by atoms with van der Waals surface area (Å²) in [5, 5.41) is 4.26. The smallest absolute Gasteiger partial charge is 0.239 e. The van der Waals surface area contributed by atoms with E-state index in [2.05, 4.69) is 22.1 Å². The van der Waals surface area contributed by atoms with E-state index in [1.165, 1.54) is 11.3 Å². The van der Waals surface area contributed by atoms with Crippen molar-refractivity contribution in [3.8, 4) is 5.95 Å². The first kappa shape index (κ1) is 22.1. The second kappa shape index (κ2) is 8.23. The van der Waals surface area contributed by atoms with Gasteiger partial charge in [-0.05, 0) is 32.9 Å². The summed E-state index contributed by atoms with van der Waals surface area (Å²) in [7, 11) is -1.74. The number of rotatable bonds is 5. The van der Waals surface area contributed by atoms with E-state index in [-0.39, 0.29) is 10.9 Å². The molecule has 0 spiro atoms. The van der Waals surface area contributed by atoms with Gasteiger partial charge in [0.25, 0.3) is 0 Å². The van der Waals surface area contributed by atoms with Crippen LogP contribution in [-0.2, 0) is 14.6 Å². The van der Waals surface area contributed by atoms with Crippen LogP contribution in [0.2, 0.25) is 0 Å². The molecule has 0 saturated carbocycles. The molecule has 3 aromatic heterocycles. The summed E-state index contributed by atoms with van der Waals surface area (Å²) >= 11 is 1.37. The average molecular weight is 487 g/mol. The van der Waals surface area contributed by atoms with Crippen molar-refractivity contribution in [2.45, 2.75) is 37.0 Å². The molecule has 1 N–H and O–H groups in total. The number of nitrogens with zero attached hydrogens (tertiary/aromatic N) is 5. The first-order valence-corrected chi connectivity index (χ1v) is 13.3. The van der Waals surface area contributed by atoms with Gasteiger partial charge in [-0.25, -0.2) is 23.0 Å². The summed E-state index contributed by atoms with van der Waals surface area (Å²) in [5.41, 5.74) is 2.09. The van der Waals surface area contributed by atoms with Crippen LogP contribution < -0.4 is 10.2 Å². The van der Waals surface area contributed by atoms with Crippen LogP contribution in [0, 0.1) is 0 Å².